The maximum absolute atomic E-state index is 12.7. The third kappa shape index (κ3) is 3.96. The molecule has 1 amide bonds. The molecule has 0 saturated heterocycles. The van der Waals surface area contributed by atoms with Gasteiger partial charge in [-0.15, -0.1) is 0 Å². The van der Waals surface area contributed by atoms with Gasteiger partial charge < -0.3 is 14.4 Å². The minimum Gasteiger partial charge on any atom is -0.495 e. The highest BCUT2D eigenvalue weighted by Crippen LogP contribution is 2.30. The molecule has 9 heteroatoms. The maximum Gasteiger partial charge on any atom is 0.261 e. The number of carbonyl (C=O) groups is 1. The van der Waals surface area contributed by atoms with Crippen molar-refractivity contribution in [2.24, 2.45) is 0 Å². The molecule has 0 spiro atoms. The Morgan fingerprint density at radius 2 is 2.04 bits per heavy atom. The van der Waals surface area contributed by atoms with Crippen molar-refractivity contribution in [2.75, 3.05) is 31.5 Å². The van der Waals surface area contributed by atoms with Gasteiger partial charge >= 0.3 is 0 Å². The summed E-state index contributed by atoms with van der Waals surface area (Å²) >= 11 is 6.02. The largest absolute Gasteiger partial charge is 0.495 e. The first kappa shape index (κ1) is 19.3. The second-order valence-electron chi connectivity index (χ2n) is 5.85. The molecule has 7 nitrogen and oxygen atoms in total. The summed E-state index contributed by atoms with van der Waals surface area (Å²) in [6, 6.07) is 8.79. The van der Waals surface area contributed by atoms with E-state index in [1.54, 1.807) is 17.0 Å². The van der Waals surface area contributed by atoms with Crippen molar-refractivity contribution >= 4 is 33.2 Å². The lowest BCUT2D eigenvalue weighted by Crippen LogP contribution is -2.32. The van der Waals surface area contributed by atoms with Gasteiger partial charge in [0.1, 0.15) is 18.1 Å². The number of sulfonamides is 1. The first-order valence-electron chi connectivity index (χ1n) is 8.28. The van der Waals surface area contributed by atoms with Crippen molar-refractivity contribution in [3.63, 3.8) is 0 Å². The fourth-order valence-electron chi connectivity index (χ4n) is 2.75. The first-order valence-corrected chi connectivity index (χ1v) is 10.1. The van der Waals surface area contributed by atoms with Crippen LogP contribution in [0.15, 0.2) is 41.3 Å². The summed E-state index contributed by atoms with van der Waals surface area (Å²) in [5.74, 6) is 0.618. The number of fused-ring (bicyclic) bond motifs is 1. The number of nitrogens with zero attached hydrogens (tertiary/aromatic N) is 1. The lowest BCUT2D eigenvalue weighted by atomic mass is 10.1. The van der Waals surface area contributed by atoms with Crippen LogP contribution in [-0.2, 0) is 10.0 Å². The number of benzene rings is 2. The number of hydrogen-bond acceptors (Lipinski definition) is 5. The van der Waals surface area contributed by atoms with Crippen LogP contribution in [0, 0.1) is 0 Å². The molecule has 0 atom stereocenters. The summed E-state index contributed by atoms with van der Waals surface area (Å²) < 4.78 is 38.4. The Bertz CT molecular complexity index is 978. The van der Waals surface area contributed by atoms with Crippen molar-refractivity contribution in [3.8, 4) is 11.5 Å². The number of rotatable bonds is 5. The summed E-state index contributed by atoms with van der Waals surface area (Å²) in [4.78, 5) is 14.2. The molecule has 0 saturated carbocycles. The molecule has 1 N–H and O–H groups in total. The summed E-state index contributed by atoms with van der Waals surface area (Å²) in [7, 11) is -2.44. The molecule has 27 heavy (non-hydrogen) atoms. The van der Waals surface area contributed by atoms with E-state index in [0.717, 1.165) is 0 Å². The third-order valence-corrected chi connectivity index (χ3v) is 5.86. The van der Waals surface area contributed by atoms with Crippen LogP contribution in [0.5, 0.6) is 11.5 Å². The van der Waals surface area contributed by atoms with Crippen LogP contribution >= 0.6 is 11.6 Å². The average molecular weight is 411 g/mol. The molecule has 144 valence electrons. The number of anilines is 1. The molecular weight excluding hydrogens is 392 g/mol. The molecule has 0 fully saturated rings. The van der Waals surface area contributed by atoms with E-state index < -0.39 is 10.0 Å². The lowest BCUT2D eigenvalue weighted by molar-refractivity contribution is 0.0765. The monoisotopic (exact) mass is 410 g/mol. The van der Waals surface area contributed by atoms with Gasteiger partial charge in [0, 0.05) is 12.2 Å². The van der Waals surface area contributed by atoms with Crippen molar-refractivity contribution in [1.82, 2.24) is 4.90 Å². The molecule has 0 aliphatic carbocycles. The van der Waals surface area contributed by atoms with Crippen LogP contribution in [-0.4, -0.2) is 46.0 Å². The smallest absolute Gasteiger partial charge is 0.261 e. The highest BCUT2D eigenvalue weighted by molar-refractivity contribution is 7.92. The zero-order valence-corrected chi connectivity index (χ0v) is 16.4. The average Bonchev–Trinajstić information content (AvgIpc) is 2.80. The molecule has 1 heterocycles. The predicted molar refractivity (Wildman–Crippen MR) is 102 cm³/mol. The second-order valence-corrected chi connectivity index (χ2v) is 7.94. The van der Waals surface area contributed by atoms with E-state index in [2.05, 4.69) is 4.72 Å². The van der Waals surface area contributed by atoms with Gasteiger partial charge in [0.15, 0.2) is 0 Å². The van der Waals surface area contributed by atoms with Crippen LogP contribution in [0.25, 0.3) is 0 Å². The predicted octanol–water partition coefficient (Wildman–Crippen LogP) is 3.00. The highest BCUT2D eigenvalue weighted by atomic mass is 35.5. The molecule has 0 radical (unpaired) electrons. The lowest BCUT2D eigenvalue weighted by Gasteiger charge is -2.17. The van der Waals surface area contributed by atoms with Gasteiger partial charge in [0.2, 0.25) is 0 Å². The van der Waals surface area contributed by atoms with Gasteiger partial charge in [-0.25, -0.2) is 8.42 Å². The van der Waals surface area contributed by atoms with E-state index in [-0.39, 0.29) is 21.5 Å². The van der Waals surface area contributed by atoms with Gasteiger partial charge in [0.05, 0.1) is 29.1 Å². The molecule has 0 unspecified atom stereocenters. The van der Waals surface area contributed by atoms with E-state index in [9.17, 15) is 13.2 Å². The fraction of sp³-hybridized carbons (Fsp3) is 0.278. The van der Waals surface area contributed by atoms with Crippen molar-refractivity contribution in [3.05, 3.63) is 47.0 Å². The van der Waals surface area contributed by atoms with E-state index in [0.29, 0.717) is 36.8 Å². The molecule has 1 aliphatic rings. The Morgan fingerprint density at radius 3 is 2.70 bits per heavy atom. The maximum atomic E-state index is 12.7. The van der Waals surface area contributed by atoms with Gasteiger partial charge in [0.25, 0.3) is 15.9 Å². The zero-order valence-electron chi connectivity index (χ0n) is 14.9. The van der Waals surface area contributed by atoms with Gasteiger partial charge in [-0.2, -0.15) is 0 Å². The summed E-state index contributed by atoms with van der Waals surface area (Å²) in [6.07, 6.45) is 0. The standard InChI is InChI=1S/C18H19ClN2O5S/c1-3-21-8-9-26-16-6-4-12(10-14(16)18(21)22)20-27(23,24)13-5-7-17(25-2)15(19)11-13/h4-7,10-11,20H,3,8-9H2,1-2H3. The van der Waals surface area contributed by atoms with Crippen molar-refractivity contribution < 1.29 is 22.7 Å². The number of methoxy groups -OCH3 is 1. The van der Waals surface area contributed by atoms with E-state index in [1.165, 1.54) is 31.4 Å². The quantitative estimate of drug-likeness (QED) is 0.819. The summed E-state index contributed by atoms with van der Waals surface area (Å²) in [5, 5.41) is 0.185. The Labute approximate surface area is 162 Å². The summed E-state index contributed by atoms with van der Waals surface area (Å²) in [6.45, 7) is 3.29. The SMILES string of the molecule is CCN1CCOc2ccc(NS(=O)(=O)c3ccc(OC)c(Cl)c3)cc2C1=O. The number of hydrogen-bond donors (Lipinski definition) is 1. The van der Waals surface area contributed by atoms with Crippen LogP contribution in [0.1, 0.15) is 17.3 Å². The van der Waals surface area contributed by atoms with Gasteiger partial charge in [-0.3, -0.25) is 9.52 Å². The van der Waals surface area contributed by atoms with Crippen LogP contribution < -0.4 is 14.2 Å². The Balaban J connectivity index is 1.92. The number of ether oxygens (including phenoxy) is 2. The van der Waals surface area contributed by atoms with Crippen LogP contribution in [0.3, 0.4) is 0 Å². The molecule has 1 aliphatic heterocycles. The van der Waals surface area contributed by atoms with Gasteiger partial charge in [-0.1, -0.05) is 11.6 Å². The molecule has 2 aromatic rings. The molecular formula is C18H19ClN2O5S. The van der Waals surface area contributed by atoms with E-state index in [4.69, 9.17) is 21.1 Å². The normalized spacial score (nSPS) is 14.2. The van der Waals surface area contributed by atoms with Crippen molar-refractivity contribution in [1.29, 1.82) is 0 Å². The molecule has 2 aromatic carbocycles. The van der Waals surface area contributed by atoms with Crippen LogP contribution in [0.4, 0.5) is 5.69 Å². The fourth-order valence-corrected chi connectivity index (χ4v) is 4.15. The van der Waals surface area contributed by atoms with E-state index >= 15 is 0 Å². The Hall–Kier alpha value is -2.45. The number of likely N-dealkylation sites (N-methyl/N-ethyl adjacent to an activating group) is 1. The Morgan fingerprint density at radius 1 is 1.26 bits per heavy atom. The first-order chi connectivity index (χ1) is 12.9. The topological polar surface area (TPSA) is 84.9 Å². The third-order valence-electron chi connectivity index (χ3n) is 4.18. The molecule has 0 bridgehead atoms. The Kier molecular flexibility index (Phi) is 5.48. The number of amides is 1. The van der Waals surface area contributed by atoms with Crippen molar-refractivity contribution in [2.45, 2.75) is 11.8 Å². The molecule has 3 rings (SSSR count). The summed E-state index contributed by atoms with van der Waals surface area (Å²) in [5.41, 5.74) is 0.581. The van der Waals surface area contributed by atoms with Crippen LogP contribution in [0.2, 0.25) is 5.02 Å². The minimum absolute atomic E-state index is 0.0130. The highest BCUT2D eigenvalue weighted by Gasteiger charge is 2.24. The second kappa shape index (κ2) is 7.66. The number of halogens is 1. The number of carbonyl (C=O) groups excluding carboxylic acids is 1. The van der Waals surface area contributed by atoms with E-state index in [1.807, 2.05) is 6.92 Å². The zero-order chi connectivity index (χ0) is 19.6. The minimum atomic E-state index is -3.89. The van der Waals surface area contributed by atoms with Gasteiger partial charge in [-0.05, 0) is 43.3 Å². The number of nitrogens with one attached hydrogen (secondary N) is 1. The molecule has 0 aromatic heterocycles.